The van der Waals surface area contributed by atoms with Gasteiger partial charge in [0, 0.05) is 36.8 Å². The average Bonchev–Trinajstić information content (AvgIpc) is 2.87. The summed E-state index contributed by atoms with van der Waals surface area (Å²) in [5, 5.41) is 9.38. The maximum Gasteiger partial charge on any atom is 0.251 e. The molecule has 2 amide bonds. The van der Waals surface area contributed by atoms with Gasteiger partial charge in [-0.25, -0.2) is 0 Å². The van der Waals surface area contributed by atoms with Gasteiger partial charge in [0.2, 0.25) is 5.91 Å². The van der Waals surface area contributed by atoms with Gasteiger partial charge in [-0.05, 0) is 43.0 Å². The number of halogens is 1. The van der Waals surface area contributed by atoms with Gasteiger partial charge in [0.25, 0.3) is 5.91 Å². The number of aryl methyl sites for hydroxylation is 1. The number of hydrogen-bond acceptors (Lipinski definition) is 3. The van der Waals surface area contributed by atoms with Crippen molar-refractivity contribution in [2.45, 2.75) is 57.4 Å². The number of anilines is 1. The smallest absolute Gasteiger partial charge is 0.251 e. The van der Waals surface area contributed by atoms with Crippen molar-refractivity contribution in [3.8, 4) is 0 Å². The highest BCUT2D eigenvalue weighted by Gasteiger charge is 2.16. The fraction of sp³-hybridized carbons (Fsp3) is 0.579. The second-order valence-electron chi connectivity index (χ2n) is 6.82. The van der Waals surface area contributed by atoms with Gasteiger partial charge in [0.1, 0.15) is 0 Å². The summed E-state index contributed by atoms with van der Waals surface area (Å²) >= 11 is 0. The number of fused-ring (bicyclic) bond motifs is 1. The molecule has 2 aliphatic rings. The van der Waals surface area contributed by atoms with Gasteiger partial charge in [-0.1, -0.05) is 25.7 Å². The normalized spacial score (nSPS) is 17.7. The maximum absolute atomic E-state index is 12.3. The summed E-state index contributed by atoms with van der Waals surface area (Å²) in [5.74, 6) is 0.00153. The van der Waals surface area contributed by atoms with Crippen LogP contribution >= 0.6 is 12.4 Å². The number of benzene rings is 1. The third kappa shape index (κ3) is 5.72. The predicted molar refractivity (Wildman–Crippen MR) is 102 cm³/mol. The number of rotatable bonds is 5. The van der Waals surface area contributed by atoms with Crippen LogP contribution in [0.1, 0.15) is 60.9 Å². The molecular formula is C19H28ClN3O2. The minimum absolute atomic E-state index is 0. The van der Waals surface area contributed by atoms with E-state index in [1.54, 1.807) is 6.07 Å². The van der Waals surface area contributed by atoms with E-state index in [0.717, 1.165) is 17.8 Å². The number of hydrogen-bond donors (Lipinski definition) is 3. The SMILES string of the molecule is Cl.O=C1CCc2cc(C(=O)NCCNC3CCCCCC3)ccc2N1. The molecule has 0 bridgehead atoms. The Hall–Kier alpha value is -1.59. The van der Waals surface area contributed by atoms with E-state index in [1.165, 1.54) is 38.5 Å². The Morgan fingerprint density at radius 1 is 1.08 bits per heavy atom. The first-order valence-corrected chi connectivity index (χ1v) is 9.17. The van der Waals surface area contributed by atoms with Crippen LogP contribution in [0.15, 0.2) is 18.2 Å². The average molecular weight is 366 g/mol. The van der Waals surface area contributed by atoms with Crippen LogP contribution in [0.25, 0.3) is 0 Å². The molecule has 1 saturated carbocycles. The van der Waals surface area contributed by atoms with Crippen molar-refractivity contribution in [1.29, 1.82) is 0 Å². The lowest BCUT2D eigenvalue weighted by Gasteiger charge is -2.18. The van der Waals surface area contributed by atoms with E-state index in [9.17, 15) is 9.59 Å². The van der Waals surface area contributed by atoms with Crippen LogP contribution in [0.2, 0.25) is 0 Å². The molecule has 0 radical (unpaired) electrons. The molecule has 0 aromatic heterocycles. The Labute approximate surface area is 155 Å². The van der Waals surface area contributed by atoms with Gasteiger partial charge >= 0.3 is 0 Å². The fourth-order valence-corrected chi connectivity index (χ4v) is 3.56. The van der Waals surface area contributed by atoms with Crippen molar-refractivity contribution in [1.82, 2.24) is 10.6 Å². The summed E-state index contributed by atoms with van der Waals surface area (Å²) in [6.45, 7) is 1.46. The van der Waals surface area contributed by atoms with Crippen LogP contribution in [0, 0.1) is 0 Å². The van der Waals surface area contributed by atoms with Crippen molar-refractivity contribution >= 4 is 29.9 Å². The molecule has 25 heavy (non-hydrogen) atoms. The molecule has 5 nitrogen and oxygen atoms in total. The van der Waals surface area contributed by atoms with Gasteiger partial charge in [-0.2, -0.15) is 0 Å². The van der Waals surface area contributed by atoms with Gasteiger partial charge < -0.3 is 16.0 Å². The summed E-state index contributed by atoms with van der Waals surface area (Å²) in [6.07, 6.45) is 9.04. The van der Waals surface area contributed by atoms with Crippen molar-refractivity contribution < 1.29 is 9.59 Å². The molecule has 138 valence electrons. The summed E-state index contributed by atoms with van der Waals surface area (Å²) < 4.78 is 0. The van der Waals surface area contributed by atoms with Gasteiger partial charge in [0.05, 0.1) is 0 Å². The highest BCUT2D eigenvalue weighted by molar-refractivity contribution is 5.97. The van der Waals surface area contributed by atoms with Crippen LogP contribution in [0.3, 0.4) is 0 Å². The second-order valence-corrected chi connectivity index (χ2v) is 6.82. The summed E-state index contributed by atoms with van der Waals surface area (Å²) in [7, 11) is 0. The van der Waals surface area contributed by atoms with E-state index >= 15 is 0 Å². The third-order valence-electron chi connectivity index (χ3n) is 4.96. The Morgan fingerprint density at radius 3 is 2.60 bits per heavy atom. The maximum atomic E-state index is 12.3. The molecular weight excluding hydrogens is 338 g/mol. The summed E-state index contributed by atoms with van der Waals surface area (Å²) in [4.78, 5) is 23.6. The van der Waals surface area contributed by atoms with Crippen LogP contribution in [0.5, 0.6) is 0 Å². The zero-order valence-corrected chi connectivity index (χ0v) is 15.4. The van der Waals surface area contributed by atoms with Crippen LogP contribution in [0.4, 0.5) is 5.69 Å². The summed E-state index contributed by atoms with van der Waals surface area (Å²) in [6, 6.07) is 6.10. The molecule has 1 aliphatic heterocycles. The first kappa shape index (κ1) is 19.7. The quantitative estimate of drug-likeness (QED) is 0.555. The summed E-state index contributed by atoms with van der Waals surface area (Å²) in [5.41, 5.74) is 2.54. The number of nitrogens with one attached hydrogen (secondary N) is 3. The van der Waals surface area contributed by atoms with Crippen LogP contribution < -0.4 is 16.0 Å². The number of carbonyl (C=O) groups is 2. The lowest BCUT2D eigenvalue weighted by atomic mass is 10.00. The predicted octanol–water partition coefficient (Wildman–Crippen LogP) is 3.04. The van der Waals surface area contributed by atoms with E-state index in [1.807, 2.05) is 12.1 Å². The van der Waals surface area contributed by atoms with Crippen LogP contribution in [-0.2, 0) is 11.2 Å². The minimum atomic E-state index is -0.0441. The zero-order chi connectivity index (χ0) is 16.8. The van der Waals surface area contributed by atoms with Crippen LogP contribution in [-0.4, -0.2) is 30.9 Å². The standard InChI is InChI=1S/C19H27N3O2.ClH/c23-18-10-8-14-13-15(7-9-17(14)22-18)19(24)21-12-11-20-16-5-3-1-2-4-6-16;/h7,9,13,16,20H,1-6,8,10-12H2,(H,21,24)(H,22,23);1H. The fourth-order valence-electron chi connectivity index (χ4n) is 3.56. The van der Waals surface area contributed by atoms with E-state index in [2.05, 4.69) is 16.0 Å². The van der Waals surface area contributed by atoms with E-state index < -0.39 is 0 Å². The first-order valence-electron chi connectivity index (χ1n) is 9.17. The topological polar surface area (TPSA) is 70.2 Å². The second kappa shape index (κ2) is 9.78. The molecule has 1 aliphatic carbocycles. The van der Waals surface area contributed by atoms with Crippen molar-refractivity contribution in [2.75, 3.05) is 18.4 Å². The molecule has 1 heterocycles. The molecule has 0 unspecified atom stereocenters. The molecule has 1 aromatic carbocycles. The number of carbonyl (C=O) groups excluding carboxylic acids is 2. The van der Waals surface area contributed by atoms with Gasteiger partial charge in [0.15, 0.2) is 0 Å². The highest BCUT2D eigenvalue weighted by atomic mass is 35.5. The van der Waals surface area contributed by atoms with E-state index in [0.29, 0.717) is 31.0 Å². The third-order valence-corrected chi connectivity index (χ3v) is 4.96. The molecule has 1 aromatic rings. The Balaban J connectivity index is 0.00000225. The molecule has 0 atom stereocenters. The Morgan fingerprint density at radius 2 is 1.84 bits per heavy atom. The van der Waals surface area contributed by atoms with E-state index in [-0.39, 0.29) is 24.2 Å². The number of amides is 2. The monoisotopic (exact) mass is 365 g/mol. The Bertz CT molecular complexity index is 598. The van der Waals surface area contributed by atoms with Crippen molar-refractivity contribution in [2.24, 2.45) is 0 Å². The zero-order valence-electron chi connectivity index (χ0n) is 14.6. The molecule has 1 fully saturated rings. The molecule has 6 heteroatoms. The largest absolute Gasteiger partial charge is 0.351 e. The minimum Gasteiger partial charge on any atom is -0.351 e. The van der Waals surface area contributed by atoms with Crippen molar-refractivity contribution in [3.05, 3.63) is 29.3 Å². The molecule has 0 saturated heterocycles. The molecule has 3 rings (SSSR count). The molecule has 0 spiro atoms. The highest BCUT2D eigenvalue weighted by Crippen LogP contribution is 2.23. The lowest BCUT2D eigenvalue weighted by Crippen LogP contribution is -2.36. The first-order chi connectivity index (χ1) is 11.7. The van der Waals surface area contributed by atoms with Crippen molar-refractivity contribution in [3.63, 3.8) is 0 Å². The lowest BCUT2D eigenvalue weighted by molar-refractivity contribution is -0.116. The van der Waals surface area contributed by atoms with E-state index in [4.69, 9.17) is 0 Å². The van der Waals surface area contributed by atoms with Gasteiger partial charge in [-0.3, -0.25) is 9.59 Å². The molecule has 3 N–H and O–H groups in total. The Kier molecular flexibility index (Phi) is 7.72. The van der Waals surface area contributed by atoms with Gasteiger partial charge in [-0.15, -0.1) is 12.4 Å².